The number of guanidine groups is 1. The van der Waals surface area contributed by atoms with Crippen LogP contribution in [0.3, 0.4) is 0 Å². The molecule has 2 rings (SSSR count). The zero-order chi connectivity index (χ0) is 21.3. The van der Waals surface area contributed by atoms with E-state index in [4.69, 9.17) is 19.9 Å². The highest BCUT2D eigenvalue weighted by Gasteiger charge is 2.26. The number of hydrogen-bond acceptors (Lipinski definition) is 5. The predicted molar refractivity (Wildman–Crippen MR) is 113 cm³/mol. The van der Waals surface area contributed by atoms with Crippen molar-refractivity contribution < 1.29 is 19.0 Å². The molecule has 1 heterocycles. The standard InChI is InChI=1S/C21H34N4O4/c1-21(2,3)29-20(26)25-13-11-24(12-14-25)19(22)23-10-5-15-28-16-17-6-8-18(27-4)9-7-17/h6-9H,5,10-16H2,1-4H3,(H2,22,23). The second-order valence-electron chi connectivity index (χ2n) is 7.95. The van der Waals surface area contributed by atoms with E-state index in [0.29, 0.717) is 51.9 Å². The summed E-state index contributed by atoms with van der Waals surface area (Å²) in [6, 6.07) is 7.83. The van der Waals surface area contributed by atoms with Crippen molar-refractivity contribution in [2.75, 3.05) is 46.4 Å². The smallest absolute Gasteiger partial charge is 0.410 e. The van der Waals surface area contributed by atoms with Gasteiger partial charge in [-0.1, -0.05) is 12.1 Å². The summed E-state index contributed by atoms with van der Waals surface area (Å²) in [5.41, 5.74) is 6.72. The fourth-order valence-electron chi connectivity index (χ4n) is 2.82. The molecule has 29 heavy (non-hydrogen) atoms. The predicted octanol–water partition coefficient (Wildman–Crippen LogP) is 2.47. The number of carbonyl (C=O) groups excluding carboxylic acids is 1. The third kappa shape index (κ3) is 8.19. The van der Waals surface area contributed by atoms with Gasteiger partial charge in [0.05, 0.1) is 13.7 Å². The molecule has 0 bridgehead atoms. The van der Waals surface area contributed by atoms with Gasteiger partial charge in [-0.15, -0.1) is 0 Å². The average molecular weight is 407 g/mol. The van der Waals surface area contributed by atoms with E-state index in [1.807, 2.05) is 49.9 Å². The number of nitrogens with two attached hydrogens (primary N) is 1. The maximum absolute atomic E-state index is 12.1. The number of piperazine rings is 1. The first-order chi connectivity index (χ1) is 13.8. The molecule has 1 amide bonds. The van der Waals surface area contributed by atoms with Gasteiger partial charge in [0, 0.05) is 39.3 Å². The monoisotopic (exact) mass is 406 g/mol. The van der Waals surface area contributed by atoms with Crippen LogP contribution in [0, 0.1) is 0 Å². The molecule has 2 N–H and O–H groups in total. The maximum atomic E-state index is 12.1. The molecule has 1 aromatic carbocycles. The molecular weight excluding hydrogens is 372 g/mol. The van der Waals surface area contributed by atoms with Crippen LogP contribution in [0.2, 0.25) is 0 Å². The van der Waals surface area contributed by atoms with Crippen molar-refractivity contribution in [3.63, 3.8) is 0 Å². The Balaban J connectivity index is 1.61. The van der Waals surface area contributed by atoms with Crippen LogP contribution in [0.4, 0.5) is 4.79 Å². The fraction of sp³-hybridized carbons (Fsp3) is 0.619. The highest BCUT2D eigenvalue weighted by atomic mass is 16.6. The van der Waals surface area contributed by atoms with Crippen LogP contribution in [-0.4, -0.2) is 73.9 Å². The van der Waals surface area contributed by atoms with E-state index in [2.05, 4.69) is 4.99 Å². The van der Waals surface area contributed by atoms with Gasteiger partial charge >= 0.3 is 6.09 Å². The fourth-order valence-corrected chi connectivity index (χ4v) is 2.82. The van der Waals surface area contributed by atoms with Crippen LogP contribution >= 0.6 is 0 Å². The molecule has 0 saturated carbocycles. The summed E-state index contributed by atoms with van der Waals surface area (Å²) in [6.45, 7) is 9.87. The molecule has 1 aliphatic rings. The summed E-state index contributed by atoms with van der Waals surface area (Å²) in [5.74, 6) is 1.36. The third-order valence-electron chi connectivity index (χ3n) is 4.40. The Morgan fingerprint density at radius 2 is 1.72 bits per heavy atom. The molecule has 0 spiro atoms. The Labute approximate surface area is 173 Å². The lowest BCUT2D eigenvalue weighted by Crippen LogP contribution is -2.53. The molecule has 8 heteroatoms. The number of carbonyl (C=O) groups is 1. The minimum atomic E-state index is -0.482. The zero-order valence-corrected chi connectivity index (χ0v) is 18.0. The van der Waals surface area contributed by atoms with Gasteiger partial charge in [0.1, 0.15) is 11.4 Å². The van der Waals surface area contributed by atoms with Crippen molar-refractivity contribution in [3.05, 3.63) is 29.8 Å². The first kappa shape index (κ1) is 22.8. The molecule has 0 radical (unpaired) electrons. The number of rotatable bonds is 7. The Bertz CT molecular complexity index is 662. The highest BCUT2D eigenvalue weighted by Crippen LogP contribution is 2.13. The van der Waals surface area contributed by atoms with E-state index < -0.39 is 5.60 Å². The van der Waals surface area contributed by atoms with Crippen LogP contribution in [0.15, 0.2) is 29.3 Å². The van der Waals surface area contributed by atoms with Crippen molar-refractivity contribution >= 4 is 12.1 Å². The topological polar surface area (TPSA) is 89.6 Å². The number of aliphatic imine (C=N–C) groups is 1. The van der Waals surface area contributed by atoms with Gasteiger partial charge in [-0.2, -0.15) is 0 Å². The molecule has 1 saturated heterocycles. The average Bonchev–Trinajstić information content (AvgIpc) is 2.69. The van der Waals surface area contributed by atoms with Crippen LogP contribution < -0.4 is 10.5 Å². The number of methoxy groups -OCH3 is 1. The lowest BCUT2D eigenvalue weighted by Gasteiger charge is -2.36. The van der Waals surface area contributed by atoms with E-state index in [9.17, 15) is 4.79 Å². The van der Waals surface area contributed by atoms with E-state index in [1.54, 1.807) is 12.0 Å². The number of hydrogen-bond donors (Lipinski definition) is 1. The van der Waals surface area contributed by atoms with Gasteiger partial charge in [-0.3, -0.25) is 4.99 Å². The summed E-state index contributed by atoms with van der Waals surface area (Å²) in [4.78, 5) is 20.2. The second kappa shape index (κ2) is 10.9. The lowest BCUT2D eigenvalue weighted by molar-refractivity contribution is 0.0186. The van der Waals surface area contributed by atoms with Crippen LogP contribution in [0.5, 0.6) is 5.75 Å². The minimum Gasteiger partial charge on any atom is -0.497 e. The molecule has 1 fully saturated rings. The molecule has 0 aromatic heterocycles. The van der Waals surface area contributed by atoms with Gasteiger partial charge in [-0.25, -0.2) is 4.79 Å². The first-order valence-corrected chi connectivity index (χ1v) is 10.0. The Morgan fingerprint density at radius 1 is 1.10 bits per heavy atom. The van der Waals surface area contributed by atoms with Crippen molar-refractivity contribution in [3.8, 4) is 5.75 Å². The normalized spacial score (nSPS) is 15.4. The summed E-state index contributed by atoms with van der Waals surface area (Å²) < 4.78 is 16.2. The largest absolute Gasteiger partial charge is 0.497 e. The minimum absolute atomic E-state index is 0.276. The SMILES string of the molecule is COc1ccc(COCCCN=C(N)N2CCN(C(=O)OC(C)(C)C)CC2)cc1. The van der Waals surface area contributed by atoms with E-state index >= 15 is 0 Å². The lowest BCUT2D eigenvalue weighted by atomic mass is 10.2. The molecule has 0 atom stereocenters. The number of amides is 1. The highest BCUT2D eigenvalue weighted by molar-refractivity contribution is 5.78. The molecule has 162 valence electrons. The molecular formula is C21H34N4O4. The van der Waals surface area contributed by atoms with Gasteiger partial charge in [0.15, 0.2) is 5.96 Å². The van der Waals surface area contributed by atoms with Crippen LogP contribution in [-0.2, 0) is 16.1 Å². The van der Waals surface area contributed by atoms with Crippen molar-refractivity contribution in [1.29, 1.82) is 0 Å². The van der Waals surface area contributed by atoms with E-state index in [1.165, 1.54) is 0 Å². The quantitative estimate of drug-likeness (QED) is 0.425. The van der Waals surface area contributed by atoms with Gasteiger partial charge in [0.25, 0.3) is 0 Å². The van der Waals surface area contributed by atoms with Crippen molar-refractivity contribution in [1.82, 2.24) is 9.80 Å². The first-order valence-electron chi connectivity index (χ1n) is 10.0. The molecule has 8 nitrogen and oxygen atoms in total. The van der Waals surface area contributed by atoms with E-state index in [-0.39, 0.29) is 6.09 Å². The summed E-state index contributed by atoms with van der Waals surface area (Å²) >= 11 is 0. The van der Waals surface area contributed by atoms with E-state index in [0.717, 1.165) is 17.7 Å². The molecule has 0 aliphatic carbocycles. The number of nitrogens with zero attached hydrogens (tertiary/aromatic N) is 3. The summed E-state index contributed by atoms with van der Waals surface area (Å²) in [5, 5.41) is 0. The number of ether oxygens (including phenoxy) is 3. The van der Waals surface area contributed by atoms with Gasteiger partial charge < -0.3 is 29.7 Å². The zero-order valence-electron chi connectivity index (χ0n) is 18.0. The summed E-state index contributed by atoms with van der Waals surface area (Å²) in [6.07, 6.45) is 0.524. The van der Waals surface area contributed by atoms with Gasteiger partial charge in [0.2, 0.25) is 0 Å². The Hall–Kier alpha value is -2.48. The van der Waals surface area contributed by atoms with Gasteiger partial charge in [-0.05, 0) is 44.9 Å². The summed E-state index contributed by atoms with van der Waals surface area (Å²) in [7, 11) is 1.65. The molecule has 0 unspecified atom stereocenters. The van der Waals surface area contributed by atoms with Crippen LogP contribution in [0.1, 0.15) is 32.8 Å². The molecule has 1 aromatic rings. The van der Waals surface area contributed by atoms with Crippen molar-refractivity contribution in [2.24, 2.45) is 10.7 Å². The third-order valence-corrected chi connectivity index (χ3v) is 4.40. The number of benzene rings is 1. The van der Waals surface area contributed by atoms with Crippen molar-refractivity contribution in [2.45, 2.75) is 39.4 Å². The van der Waals surface area contributed by atoms with Crippen LogP contribution in [0.25, 0.3) is 0 Å². The maximum Gasteiger partial charge on any atom is 0.410 e. The Kier molecular flexibility index (Phi) is 8.57. The second-order valence-corrected chi connectivity index (χ2v) is 7.95. The Morgan fingerprint density at radius 3 is 2.31 bits per heavy atom. The molecule has 1 aliphatic heterocycles.